The van der Waals surface area contributed by atoms with Gasteiger partial charge in [-0.25, -0.2) is 4.79 Å². The maximum Gasteiger partial charge on any atom is 0.338 e. The number of nitrogens with one attached hydrogen (secondary N) is 1. The monoisotopic (exact) mass is 418 g/mol. The summed E-state index contributed by atoms with van der Waals surface area (Å²) in [5, 5.41) is 17.3. The van der Waals surface area contributed by atoms with Crippen molar-refractivity contribution in [2.75, 3.05) is 11.9 Å². The van der Waals surface area contributed by atoms with Crippen LogP contribution in [0.5, 0.6) is 5.75 Å². The van der Waals surface area contributed by atoms with Gasteiger partial charge >= 0.3 is 5.97 Å². The molecule has 0 radical (unpaired) electrons. The van der Waals surface area contributed by atoms with E-state index in [0.29, 0.717) is 17.7 Å². The fourth-order valence-electron chi connectivity index (χ4n) is 3.32. The molecule has 1 atom stereocenters. The summed E-state index contributed by atoms with van der Waals surface area (Å²) in [5.74, 6) is -0.191. The molecule has 30 heavy (non-hydrogen) atoms. The Balaban J connectivity index is 1.70. The number of ether oxygens (including phenoxy) is 1. The number of anilines is 1. The van der Waals surface area contributed by atoms with Crippen molar-refractivity contribution in [2.45, 2.75) is 19.4 Å². The molecular weight excluding hydrogens is 396 g/mol. The van der Waals surface area contributed by atoms with Gasteiger partial charge in [-0.3, -0.25) is 4.98 Å². The first kappa shape index (κ1) is 19.9. The van der Waals surface area contributed by atoms with Crippen LogP contribution in [0.4, 0.5) is 5.69 Å². The minimum absolute atomic E-state index is 0.150. The van der Waals surface area contributed by atoms with E-state index in [9.17, 15) is 9.90 Å². The van der Waals surface area contributed by atoms with E-state index in [4.69, 9.17) is 4.74 Å². The van der Waals surface area contributed by atoms with Gasteiger partial charge in [0.2, 0.25) is 0 Å². The molecule has 0 aliphatic heterocycles. The maximum absolute atomic E-state index is 12.2. The number of benzene rings is 2. The lowest BCUT2D eigenvalue weighted by atomic mass is 10.0. The van der Waals surface area contributed by atoms with Crippen molar-refractivity contribution in [1.82, 2.24) is 4.98 Å². The lowest BCUT2D eigenvalue weighted by Crippen LogP contribution is -2.12. The standard InChI is InChI=1S/C24H22N2O3S/c1-2-13-29-24(28)17-6-3-8-18(15-17)26-22(20-9-5-14-30-20)19-11-10-16-7-4-12-25-21(16)23(19)27/h3-12,14-15,22,26-27H,2,13H2,1H3. The van der Waals surface area contributed by atoms with Gasteiger partial charge in [0.05, 0.1) is 18.2 Å². The Labute approximate surface area is 179 Å². The third-order valence-corrected chi connectivity index (χ3v) is 5.70. The van der Waals surface area contributed by atoms with E-state index in [0.717, 1.165) is 27.9 Å². The molecule has 2 heterocycles. The first-order valence-electron chi connectivity index (χ1n) is 9.81. The molecule has 2 N–H and O–H groups in total. The Morgan fingerprint density at radius 1 is 1.17 bits per heavy atom. The van der Waals surface area contributed by atoms with Crippen LogP contribution in [0, 0.1) is 0 Å². The average Bonchev–Trinajstić information content (AvgIpc) is 3.31. The molecule has 0 amide bonds. The Kier molecular flexibility index (Phi) is 5.95. The quantitative estimate of drug-likeness (QED) is 0.373. The van der Waals surface area contributed by atoms with Crippen LogP contribution in [0.1, 0.15) is 40.2 Å². The van der Waals surface area contributed by atoms with Gasteiger partial charge in [0.1, 0.15) is 11.3 Å². The number of carbonyl (C=O) groups is 1. The van der Waals surface area contributed by atoms with Crippen molar-refractivity contribution in [3.05, 3.63) is 88.2 Å². The van der Waals surface area contributed by atoms with Gasteiger partial charge in [0.15, 0.2) is 0 Å². The largest absolute Gasteiger partial charge is 0.505 e. The van der Waals surface area contributed by atoms with Gasteiger partial charge in [-0.15, -0.1) is 11.3 Å². The van der Waals surface area contributed by atoms with E-state index in [1.54, 1.807) is 29.7 Å². The molecule has 0 fully saturated rings. The van der Waals surface area contributed by atoms with E-state index >= 15 is 0 Å². The molecule has 0 spiro atoms. The molecule has 2 aromatic carbocycles. The number of rotatable bonds is 7. The number of fused-ring (bicyclic) bond motifs is 1. The van der Waals surface area contributed by atoms with Crippen molar-refractivity contribution < 1.29 is 14.6 Å². The van der Waals surface area contributed by atoms with Gasteiger partial charge in [-0.2, -0.15) is 0 Å². The molecule has 152 valence electrons. The fourth-order valence-corrected chi connectivity index (χ4v) is 4.11. The van der Waals surface area contributed by atoms with E-state index in [-0.39, 0.29) is 17.8 Å². The highest BCUT2D eigenvalue weighted by atomic mass is 32.1. The SMILES string of the molecule is CCCOC(=O)c1cccc(NC(c2cccs2)c2ccc3cccnc3c2O)c1. The van der Waals surface area contributed by atoms with Gasteiger partial charge in [-0.05, 0) is 42.1 Å². The Bertz CT molecular complexity index is 1160. The van der Waals surface area contributed by atoms with Gasteiger partial charge in [0.25, 0.3) is 0 Å². The molecule has 0 saturated heterocycles. The minimum atomic E-state index is -0.342. The molecule has 5 nitrogen and oxygen atoms in total. The van der Waals surface area contributed by atoms with E-state index in [2.05, 4.69) is 10.3 Å². The topological polar surface area (TPSA) is 71.5 Å². The number of esters is 1. The van der Waals surface area contributed by atoms with Gasteiger partial charge in [-0.1, -0.05) is 37.3 Å². The third kappa shape index (κ3) is 4.14. The number of phenols is 1. The highest BCUT2D eigenvalue weighted by Gasteiger charge is 2.21. The highest BCUT2D eigenvalue weighted by Crippen LogP contribution is 2.38. The first-order valence-corrected chi connectivity index (χ1v) is 10.7. The number of aromatic nitrogens is 1. The molecule has 0 aliphatic carbocycles. The van der Waals surface area contributed by atoms with E-state index in [1.165, 1.54) is 0 Å². The summed E-state index contributed by atoms with van der Waals surface area (Å²) >= 11 is 1.60. The van der Waals surface area contributed by atoms with Crippen LogP contribution in [-0.4, -0.2) is 22.7 Å². The van der Waals surface area contributed by atoms with Gasteiger partial charge in [0, 0.05) is 27.7 Å². The minimum Gasteiger partial charge on any atom is -0.505 e. The zero-order valence-corrected chi connectivity index (χ0v) is 17.4. The normalized spacial score (nSPS) is 11.9. The lowest BCUT2D eigenvalue weighted by molar-refractivity contribution is 0.0505. The molecule has 4 aromatic rings. The van der Waals surface area contributed by atoms with Crippen molar-refractivity contribution in [3.8, 4) is 5.75 Å². The van der Waals surface area contributed by atoms with Crippen LogP contribution in [-0.2, 0) is 4.74 Å². The zero-order chi connectivity index (χ0) is 20.9. The fraction of sp³-hybridized carbons (Fsp3) is 0.167. The molecule has 2 aromatic heterocycles. The highest BCUT2D eigenvalue weighted by molar-refractivity contribution is 7.10. The molecular formula is C24H22N2O3S. The van der Waals surface area contributed by atoms with Crippen molar-refractivity contribution >= 4 is 33.9 Å². The zero-order valence-electron chi connectivity index (χ0n) is 16.5. The second kappa shape index (κ2) is 8.97. The number of aromatic hydroxyl groups is 1. The van der Waals surface area contributed by atoms with Crippen molar-refractivity contribution in [3.63, 3.8) is 0 Å². The predicted molar refractivity (Wildman–Crippen MR) is 120 cm³/mol. The van der Waals surface area contributed by atoms with Crippen LogP contribution in [0.15, 0.2) is 72.2 Å². The lowest BCUT2D eigenvalue weighted by Gasteiger charge is -2.21. The van der Waals surface area contributed by atoms with E-state index < -0.39 is 0 Å². The van der Waals surface area contributed by atoms with Crippen molar-refractivity contribution in [2.24, 2.45) is 0 Å². The molecule has 1 unspecified atom stereocenters. The van der Waals surface area contributed by atoms with Crippen LogP contribution >= 0.6 is 11.3 Å². The second-order valence-corrected chi connectivity index (χ2v) is 7.87. The third-order valence-electron chi connectivity index (χ3n) is 4.76. The number of hydrogen-bond acceptors (Lipinski definition) is 6. The second-order valence-electron chi connectivity index (χ2n) is 6.89. The average molecular weight is 419 g/mol. The van der Waals surface area contributed by atoms with Crippen LogP contribution < -0.4 is 5.32 Å². The maximum atomic E-state index is 12.2. The molecule has 0 saturated carbocycles. The van der Waals surface area contributed by atoms with E-state index in [1.807, 2.05) is 60.8 Å². The molecule has 0 aliphatic rings. The summed E-state index contributed by atoms with van der Waals surface area (Å²) in [5.41, 5.74) is 2.54. The van der Waals surface area contributed by atoms with Crippen LogP contribution in [0.2, 0.25) is 0 Å². The number of phenolic OH excluding ortho intramolecular Hbond substituents is 1. The van der Waals surface area contributed by atoms with Crippen LogP contribution in [0.25, 0.3) is 10.9 Å². The number of thiophene rings is 1. The number of hydrogen-bond donors (Lipinski definition) is 2. The smallest absolute Gasteiger partial charge is 0.338 e. The summed E-state index contributed by atoms with van der Waals surface area (Å²) in [6.07, 6.45) is 2.45. The number of pyridine rings is 1. The summed E-state index contributed by atoms with van der Waals surface area (Å²) in [7, 11) is 0. The molecule has 0 bridgehead atoms. The van der Waals surface area contributed by atoms with Gasteiger partial charge < -0.3 is 15.2 Å². The summed E-state index contributed by atoms with van der Waals surface area (Å²) < 4.78 is 5.25. The summed E-state index contributed by atoms with van der Waals surface area (Å²) in [6.45, 7) is 2.36. The molecule has 4 rings (SSSR count). The summed E-state index contributed by atoms with van der Waals surface area (Å²) in [6, 6.07) is 18.6. The van der Waals surface area contributed by atoms with Crippen molar-refractivity contribution in [1.29, 1.82) is 0 Å². The predicted octanol–water partition coefficient (Wildman–Crippen LogP) is 5.77. The Morgan fingerprint density at radius 3 is 2.87 bits per heavy atom. The number of nitrogens with zero attached hydrogens (tertiary/aromatic N) is 1. The Morgan fingerprint density at radius 2 is 2.07 bits per heavy atom. The Hall–Kier alpha value is -3.38. The first-order chi connectivity index (χ1) is 14.7. The number of carbonyl (C=O) groups excluding carboxylic acids is 1. The summed E-state index contributed by atoms with van der Waals surface area (Å²) in [4.78, 5) is 17.6. The van der Waals surface area contributed by atoms with Crippen LogP contribution in [0.3, 0.4) is 0 Å². The molecule has 6 heteroatoms.